The average molecular weight is 189 g/mol. The zero-order chi connectivity index (χ0) is 9.03. The van der Waals surface area contributed by atoms with E-state index in [1.807, 2.05) is 11.8 Å². The van der Waals surface area contributed by atoms with Gasteiger partial charge in [0.1, 0.15) is 0 Å². The Kier molecular flexibility index (Phi) is 3.87. The summed E-state index contributed by atoms with van der Waals surface area (Å²) in [6.07, 6.45) is 2.18. The third-order valence-electron chi connectivity index (χ3n) is 2.32. The normalized spacial score (nSPS) is 22.2. The number of thioether (sulfide) groups is 1. The van der Waals surface area contributed by atoms with Gasteiger partial charge in [-0.2, -0.15) is 11.8 Å². The van der Waals surface area contributed by atoms with Gasteiger partial charge in [-0.3, -0.25) is 4.90 Å². The molecule has 0 unspecified atom stereocenters. The van der Waals surface area contributed by atoms with Crippen LogP contribution in [0, 0.1) is 5.41 Å². The molecule has 0 aromatic rings. The summed E-state index contributed by atoms with van der Waals surface area (Å²) in [7, 11) is 1.76. The lowest BCUT2D eigenvalue weighted by molar-refractivity contribution is 0.0153. The lowest BCUT2D eigenvalue weighted by Crippen LogP contribution is -2.56. The molecule has 72 valence electrons. The molecule has 1 aliphatic heterocycles. The molecule has 0 spiro atoms. The van der Waals surface area contributed by atoms with Crippen molar-refractivity contribution in [3.05, 3.63) is 0 Å². The van der Waals surface area contributed by atoms with E-state index in [1.165, 1.54) is 18.8 Å². The van der Waals surface area contributed by atoms with E-state index in [1.54, 1.807) is 7.11 Å². The van der Waals surface area contributed by atoms with Crippen molar-refractivity contribution in [1.82, 2.24) is 4.90 Å². The maximum atomic E-state index is 5.03. The summed E-state index contributed by atoms with van der Waals surface area (Å²) in [5, 5.41) is 0. The Morgan fingerprint density at radius 1 is 1.50 bits per heavy atom. The van der Waals surface area contributed by atoms with E-state index in [9.17, 15) is 0 Å². The first-order valence-electron chi connectivity index (χ1n) is 4.40. The van der Waals surface area contributed by atoms with Crippen LogP contribution in [0.25, 0.3) is 0 Å². The number of methoxy groups -OCH3 is 1. The van der Waals surface area contributed by atoms with Gasteiger partial charge in [0.15, 0.2) is 0 Å². The van der Waals surface area contributed by atoms with E-state index in [0.29, 0.717) is 5.41 Å². The minimum absolute atomic E-state index is 0.577. The molecule has 3 heteroatoms. The predicted octanol–water partition coefficient (Wildman–Crippen LogP) is 1.32. The number of likely N-dealkylation sites (tertiary alicyclic amines) is 1. The molecule has 1 rings (SSSR count). The number of hydrogen-bond donors (Lipinski definition) is 0. The van der Waals surface area contributed by atoms with E-state index in [4.69, 9.17) is 4.74 Å². The van der Waals surface area contributed by atoms with Crippen molar-refractivity contribution in [1.29, 1.82) is 0 Å². The molecule has 1 saturated heterocycles. The highest BCUT2D eigenvalue weighted by atomic mass is 32.2. The molecular weight excluding hydrogens is 170 g/mol. The number of rotatable bonds is 5. The first kappa shape index (κ1) is 10.4. The van der Waals surface area contributed by atoms with Gasteiger partial charge in [0.05, 0.1) is 6.61 Å². The summed E-state index contributed by atoms with van der Waals surface area (Å²) in [6, 6.07) is 0. The van der Waals surface area contributed by atoms with Crippen molar-refractivity contribution in [3.8, 4) is 0 Å². The van der Waals surface area contributed by atoms with Gasteiger partial charge in [0, 0.05) is 37.9 Å². The van der Waals surface area contributed by atoms with Crippen molar-refractivity contribution in [3.63, 3.8) is 0 Å². The zero-order valence-corrected chi connectivity index (χ0v) is 9.12. The highest BCUT2D eigenvalue weighted by Gasteiger charge is 2.37. The van der Waals surface area contributed by atoms with Gasteiger partial charge in [-0.25, -0.2) is 0 Å². The van der Waals surface area contributed by atoms with Crippen LogP contribution >= 0.6 is 11.8 Å². The van der Waals surface area contributed by atoms with Crippen molar-refractivity contribution in [2.75, 3.05) is 45.4 Å². The second-order valence-electron chi connectivity index (χ2n) is 3.95. The van der Waals surface area contributed by atoms with Gasteiger partial charge in [-0.15, -0.1) is 0 Å². The third-order valence-corrected chi connectivity index (χ3v) is 3.30. The number of hydrogen-bond acceptors (Lipinski definition) is 3. The van der Waals surface area contributed by atoms with Gasteiger partial charge in [-0.05, 0) is 6.26 Å². The van der Waals surface area contributed by atoms with Crippen LogP contribution in [0.1, 0.15) is 6.92 Å². The van der Waals surface area contributed by atoms with Gasteiger partial charge >= 0.3 is 0 Å². The lowest BCUT2D eigenvalue weighted by Gasteiger charge is -2.48. The summed E-state index contributed by atoms with van der Waals surface area (Å²) in [4.78, 5) is 2.46. The summed E-state index contributed by atoms with van der Waals surface area (Å²) in [5.74, 6) is 1.29. The Hall–Kier alpha value is 0.270. The summed E-state index contributed by atoms with van der Waals surface area (Å²) >= 11 is 1.95. The van der Waals surface area contributed by atoms with Crippen LogP contribution in [-0.2, 0) is 4.74 Å². The van der Waals surface area contributed by atoms with Crippen LogP contribution < -0.4 is 0 Å². The topological polar surface area (TPSA) is 12.5 Å². The van der Waals surface area contributed by atoms with Crippen molar-refractivity contribution >= 4 is 11.8 Å². The molecule has 0 bridgehead atoms. The second kappa shape index (κ2) is 4.49. The standard InChI is InChI=1S/C9H19NOS/c1-9(8-12-3)6-10(7-9)4-5-11-2/h4-8H2,1-3H3. The summed E-state index contributed by atoms with van der Waals surface area (Å²) < 4.78 is 5.03. The molecule has 0 aliphatic carbocycles. The molecule has 1 aliphatic rings. The molecule has 0 saturated carbocycles. The van der Waals surface area contributed by atoms with E-state index >= 15 is 0 Å². The highest BCUT2D eigenvalue weighted by Crippen LogP contribution is 2.32. The molecular formula is C9H19NOS. The average Bonchev–Trinajstić information content (AvgIpc) is 1.97. The molecule has 0 aromatic heterocycles. The highest BCUT2D eigenvalue weighted by molar-refractivity contribution is 7.98. The smallest absolute Gasteiger partial charge is 0.0589 e. The molecule has 1 heterocycles. The van der Waals surface area contributed by atoms with E-state index < -0.39 is 0 Å². The Bertz CT molecular complexity index is 134. The Balaban J connectivity index is 2.09. The fourth-order valence-electron chi connectivity index (χ4n) is 1.85. The molecule has 0 radical (unpaired) electrons. The van der Waals surface area contributed by atoms with Crippen LogP contribution in [-0.4, -0.2) is 50.3 Å². The molecule has 0 atom stereocenters. The fraction of sp³-hybridized carbons (Fsp3) is 1.00. The quantitative estimate of drug-likeness (QED) is 0.647. The fourth-order valence-corrected chi connectivity index (χ4v) is 2.73. The zero-order valence-electron chi connectivity index (χ0n) is 8.30. The van der Waals surface area contributed by atoms with Gasteiger partial charge in [0.2, 0.25) is 0 Å². The van der Waals surface area contributed by atoms with E-state index in [2.05, 4.69) is 18.1 Å². The second-order valence-corrected chi connectivity index (χ2v) is 4.81. The van der Waals surface area contributed by atoms with Crippen molar-refractivity contribution < 1.29 is 4.74 Å². The van der Waals surface area contributed by atoms with Crippen LogP contribution in [0.3, 0.4) is 0 Å². The predicted molar refractivity (Wildman–Crippen MR) is 54.8 cm³/mol. The Morgan fingerprint density at radius 3 is 2.67 bits per heavy atom. The van der Waals surface area contributed by atoms with Gasteiger partial charge in [-0.1, -0.05) is 6.92 Å². The monoisotopic (exact) mass is 189 g/mol. The third kappa shape index (κ3) is 2.64. The Labute approximate surface area is 79.6 Å². The molecule has 0 N–H and O–H groups in total. The maximum Gasteiger partial charge on any atom is 0.0589 e. The van der Waals surface area contributed by atoms with Crippen molar-refractivity contribution in [2.24, 2.45) is 5.41 Å². The first-order valence-corrected chi connectivity index (χ1v) is 5.80. The largest absolute Gasteiger partial charge is 0.383 e. The van der Waals surface area contributed by atoms with Crippen molar-refractivity contribution in [2.45, 2.75) is 6.92 Å². The molecule has 12 heavy (non-hydrogen) atoms. The lowest BCUT2D eigenvalue weighted by atomic mass is 9.84. The number of ether oxygens (including phenoxy) is 1. The molecule has 0 amide bonds. The van der Waals surface area contributed by atoms with Crippen LogP contribution in [0.5, 0.6) is 0 Å². The van der Waals surface area contributed by atoms with Crippen LogP contribution in [0.15, 0.2) is 0 Å². The summed E-state index contributed by atoms with van der Waals surface area (Å²) in [6.45, 7) is 6.83. The van der Waals surface area contributed by atoms with E-state index in [-0.39, 0.29) is 0 Å². The van der Waals surface area contributed by atoms with Crippen LogP contribution in [0.2, 0.25) is 0 Å². The van der Waals surface area contributed by atoms with Gasteiger partial charge < -0.3 is 4.74 Å². The van der Waals surface area contributed by atoms with E-state index in [0.717, 1.165) is 13.2 Å². The maximum absolute atomic E-state index is 5.03. The molecule has 2 nitrogen and oxygen atoms in total. The SMILES string of the molecule is COCCN1CC(C)(CSC)C1. The number of nitrogens with zero attached hydrogens (tertiary/aromatic N) is 1. The van der Waals surface area contributed by atoms with Gasteiger partial charge in [0.25, 0.3) is 0 Å². The summed E-state index contributed by atoms with van der Waals surface area (Å²) in [5.41, 5.74) is 0.577. The molecule has 1 fully saturated rings. The molecule has 0 aromatic carbocycles. The van der Waals surface area contributed by atoms with Crippen LogP contribution in [0.4, 0.5) is 0 Å². The minimum Gasteiger partial charge on any atom is -0.383 e. The minimum atomic E-state index is 0.577. The Morgan fingerprint density at radius 2 is 2.17 bits per heavy atom. The first-order chi connectivity index (χ1) is 5.70.